The first-order valence-electron chi connectivity index (χ1n) is 6.65. The van der Waals surface area contributed by atoms with Crippen molar-refractivity contribution in [1.29, 1.82) is 0 Å². The van der Waals surface area contributed by atoms with Gasteiger partial charge in [-0.3, -0.25) is 4.90 Å². The van der Waals surface area contributed by atoms with Crippen LogP contribution in [0.25, 0.3) is 0 Å². The number of ether oxygens (including phenoxy) is 1. The molecule has 0 aliphatic heterocycles. The molecule has 0 bridgehead atoms. The van der Waals surface area contributed by atoms with Crippen LogP contribution >= 0.6 is 0 Å². The molecular weight excluding hydrogens is 224 g/mol. The van der Waals surface area contributed by atoms with Crippen molar-refractivity contribution in [1.82, 2.24) is 10.2 Å². The van der Waals surface area contributed by atoms with Gasteiger partial charge in [0.25, 0.3) is 0 Å². The third kappa shape index (κ3) is 4.31. The summed E-state index contributed by atoms with van der Waals surface area (Å²) in [5.74, 6) is 0.912. The molecule has 0 saturated heterocycles. The molecule has 0 saturated carbocycles. The smallest absolute Gasteiger partial charge is 0.118 e. The Morgan fingerprint density at radius 3 is 2.33 bits per heavy atom. The lowest BCUT2D eigenvalue weighted by Crippen LogP contribution is -2.44. The van der Waals surface area contributed by atoms with E-state index in [9.17, 15) is 0 Å². The van der Waals surface area contributed by atoms with Gasteiger partial charge in [0.2, 0.25) is 0 Å². The molecule has 1 rings (SSSR count). The van der Waals surface area contributed by atoms with Gasteiger partial charge in [-0.2, -0.15) is 0 Å². The molecule has 0 amide bonds. The van der Waals surface area contributed by atoms with Crippen molar-refractivity contribution in [2.75, 3.05) is 20.7 Å². The highest BCUT2D eigenvalue weighted by molar-refractivity contribution is 5.27. The van der Waals surface area contributed by atoms with Crippen molar-refractivity contribution < 1.29 is 4.74 Å². The summed E-state index contributed by atoms with van der Waals surface area (Å²) in [5, 5.41) is 3.47. The Hall–Kier alpha value is -1.06. The molecule has 0 aliphatic rings. The van der Waals surface area contributed by atoms with Gasteiger partial charge < -0.3 is 10.1 Å². The number of benzene rings is 1. The molecule has 2 unspecified atom stereocenters. The summed E-state index contributed by atoms with van der Waals surface area (Å²) in [6, 6.07) is 9.29. The Bertz CT molecular complexity index is 337. The van der Waals surface area contributed by atoms with Crippen LogP contribution in [0, 0.1) is 0 Å². The molecule has 0 aliphatic carbocycles. The predicted molar refractivity (Wildman–Crippen MR) is 77.1 cm³/mol. The standard InChI is InChI=1S/C15H26N2O/c1-6-16-12(2)13(3)17(4)11-14-7-9-15(18-5)10-8-14/h7-10,12-13,16H,6,11H2,1-5H3. The largest absolute Gasteiger partial charge is 0.497 e. The maximum Gasteiger partial charge on any atom is 0.118 e. The van der Waals surface area contributed by atoms with Crippen molar-refractivity contribution in [3.05, 3.63) is 29.8 Å². The molecule has 3 nitrogen and oxygen atoms in total. The van der Waals surface area contributed by atoms with E-state index < -0.39 is 0 Å². The molecule has 0 radical (unpaired) electrons. The Balaban J connectivity index is 2.54. The molecule has 0 aromatic heterocycles. The van der Waals surface area contributed by atoms with Crippen LogP contribution < -0.4 is 10.1 Å². The number of hydrogen-bond acceptors (Lipinski definition) is 3. The summed E-state index contributed by atoms with van der Waals surface area (Å²) in [7, 11) is 3.87. The van der Waals surface area contributed by atoms with Gasteiger partial charge in [0.15, 0.2) is 0 Å². The normalized spacial score (nSPS) is 14.6. The third-order valence-corrected chi connectivity index (χ3v) is 3.54. The topological polar surface area (TPSA) is 24.5 Å². The zero-order valence-electron chi connectivity index (χ0n) is 12.2. The number of nitrogens with zero attached hydrogens (tertiary/aromatic N) is 1. The number of rotatable bonds is 7. The van der Waals surface area contributed by atoms with Gasteiger partial charge in [-0.25, -0.2) is 0 Å². The first-order chi connectivity index (χ1) is 8.58. The molecule has 102 valence electrons. The second-order valence-corrected chi connectivity index (χ2v) is 4.85. The van der Waals surface area contributed by atoms with Crippen LogP contribution in [0.3, 0.4) is 0 Å². The summed E-state index contributed by atoms with van der Waals surface area (Å²) in [5.41, 5.74) is 1.31. The van der Waals surface area contributed by atoms with Crippen LogP contribution in [-0.2, 0) is 6.54 Å². The maximum atomic E-state index is 5.17. The van der Waals surface area contributed by atoms with E-state index in [2.05, 4.69) is 50.2 Å². The highest BCUT2D eigenvalue weighted by Gasteiger charge is 2.15. The SMILES string of the molecule is CCNC(C)C(C)N(C)Cc1ccc(OC)cc1. The van der Waals surface area contributed by atoms with Crippen molar-refractivity contribution in [2.45, 2.75) is 39.4 Å². The molecule has 0 spiro atoms. The number of hydrogen-bond donors (Lipinski definition) is 1. The molecule has 1 N–H and O–H groups in total. The van der Waals surface area contributed by atoms with Gasteiger partial charge in [0.1, 0.15) is 5.75 Å². The molecule has 18 heavy (non-hydrogen) atoms. The molecule has 1 aromatic rings. The quantitative estimate of drug-likeness (QED) is 0.805. The molecule has 0 heterocycles. The van der Waals surface area contributed by atoms with Crippen molar-refractivity contribution in [3.8, 4) is 5.75 Å². The summed E-state index contributed by atoms with van der Waals surface area (Å²) < 4.78 is 5.17. The minimum atomic E-state index is 0.498. The lowest BCUT2D eigenvalue weighted by atomic mass is 10.1. The second-order valence-electron chi connectivity index (χ2n) is 4.85. The van der Waals surface area contributed by atoms with Gasteiger partial charge in [-0.05, 0) is 45.1 Å². The Labute approximate surface area is 111 Å². The number of likely N-dealkylation sites (N-methyl/N-ethyl adjacent to an activating group) is 2. The molecule has 1 aromatic carbocycles. The Kier molecular flexibility index (Phi) is 6.16. The molecule has 0 fully saturated rings. The van der Waals surface area contributed by atoms with Gasteiger partial charge in [0, 0.05) is 18.6 Å². The highest BCUT2D eigenvalue weighted by Crippen LogP contribution is 2.14. The fourth-order valence-electron chi connectivity index (χ4n) is 2.04. The summed E-state index contributed by atoms with van der Waals surface area (Å²) in [6.07, 6.45) is 0. The number of methoxy groups -OCH3 is 1. The van der Waals surface area contributed by atoms with Gasteiger partial charge in [-0.15, -0.1) is 0 Å². The van der Waals surface area contributed by atoms with Crippen LogP contribution in [0.4, 0.5) is 0 Å². The average molecular weight is 250 g/mol. The van der Waals surface area contributed by atoms with Crippen LogP contribution in [0.1, 0.15) is 26.3 Å². The molecular formula is C15H26N2O. The van der Waals surface area contributed by atoms with Crippen molar-refractivity contribution in [3.63, 3.8) is 0 Å². The van der Waals surface area contributed by atoms with Crippen LogP contribution in [-0.4, -0.2) is 37.7 Å². The zero-order valence-corrected chi connectivity index (χ0v) is 12.2. The Morgan fingerprint density at radius 2 is 1.83 bits per heavy atom. The lowest BCUT2D eigenvalue weighted by molar-refractivity contribution is 0.207. The third-order valence-electron chi connectivity index (χ3n) is 3.54. The molecule has 2 atom stereocenters. The fraction of sp³-hybridized carbons (Fsp3) is 0.600. The first-order valence-corrected chi connectivity index (χ1v) is 6.65. The first kappa shape index (κ1) is 15.0. The summed E-state index contributed by atoms with van der Waals surface area (Å²) in [6.45, 7) is 8.62. The van der Waals surface area contributed by atoms with E-state index in [1.165, 1.54) is 5.56 Å². The minimum absolute atomic E-state index is 0.498. The van der Waals surface area contributed by atoms with Crippen LogP contribution in [0.5, 0.6) is 5.75 Å². The van der Waals surface area contributed by atoms with E-state index in [0.29, 0.717) is 12.1 Å². The van der Waals surface area contributed by atoms with Crippen molar-refractivity contribution in [2.24, 2.45) is 0 Å². The lowest BCUT2D eigenvalue weighted by Gasteiger charge is -2.30. The Morgan fingerprint density at radius 1 is 1.22 bits per heavy atom. The summed E-state index contributed by atoms with van der Waals surface area (Å²) in [4.78, 5) is 2.37. The predicted octanol–water partition coefficient (Wildman–Crippen LogP) is 2.51. The number of nitrogens with one attached hydrogen (secondary N) is 1. The van der Waals surface area contributed by atoms with E-state index in [1.807, 2.05) is 12.1 Å². The average Bonchev–Trinajstić information content (AvgIpc) is 2.39. The minimum Gasteiger partial charge on any atom is -0.497 e. The summed E-state index contributed by atoms with van der Waals surface area (Å²) >= 11 is 0. The monoisotopic (exact) mass is 250 g/mol. The second kappa shape index (κ2) is 7.39. The van der Waals surface area contributed by atoms with E-state index in [4.69, 9.17) is 4.74 Å². The van der Waals surface area contributed by atoms with Gasteiger partial charge in [0.05, 0.1) is 7.11 Å². The van der Waals surface area contributed by atoms with Crippen LogP contribution in [0.2, 0.25) is 0 Å². The zero-order chi connectivity index (χ0) is 13.5. The maximum absolute atomic E-state index is 5.17. The highest BCUT2D eigenvalue weighted by atomic mass is 16.5. The van der Waals surface area contributed by atoms with E-state index in [-0.39, 0.29) is 0 Å². The molecule has 3 heteroatoms. The van der Waals surface area contributed by atoms with E-state index in [1.54, 1.807) is 7.11 Å². The fourth-order valence-corrected chi connectivity index (χ4v) is 2.04. The van der Waals surface area contributed by atoms with Crippen LogP contribution in [0.15, 0.2) is 24.3 Å². The van der Waals surface area contributed by atoms with E-state index in [0.717, 1.165) is 18.8 Å². The van der Waals surface area contributed by atoms with Gasteiger partial charge >= 0.3 is 0 Å². The van der Waals surface area contributed by atoms with Crippen molar-refractivity contribution >= 4 is 0 Å². The van der Waals surface area contributed by atoms with Gasteiger partial charge in [-0.1, -0.05) is 19.1 Å². The van der Waals surface area contributed by atoms with E-state index >= 15 is 0 Å².